The number of benzene rings is 3. The molecule has 1 unspecified atom stereocenters. The van der Waals surface area contributed by atoms with Gasteiger partial charge in [-0.25, -0.2) is 0 Å². The lowest BCUT2D eigenvalue weighted by Crippen LogP contribution is -2.65. The van der Waals surface area contributed by atoms with Crippen LogP contribution in [0.5, 0.6) is 0 Å². The van der Waals surface area contributed by atoms with Gasteiger partial charge in [0.2, 0.25) is 35.4 Å². The number of amides is 6. The standard InChI is InChI=1S/C46H60BrN9O6/c1-4-6-21-40(58)56-46(23-22-34-32(27-46)17-12-19-35(34)47)44(62)55-37(25-30-15-8-7-9-16-30)43(61)53-36(20-13-24-51-45(49)50)42(60)54-38(41(59)52-28-39(48)57)26-31(5-2)33-18-11-10-14-29(33)3/h5,7-12,14-19,36-38H,4,6,13,20-28H2,1-3H3,(H2,48,57)(H,52,59)(H,53,61)(H,54,60)(H,55,62)(H,56,58)(H4,49,50,51)/b31-5-/t36-,37+,38-,46?/m0/s1. The van der Waals surface area contributed by atoms with Crippen LogP contribution in [-0.2, 0) is 48.0 Å². The molecule has 0 fully saturated rings. The monoisotopic (exact) mass is 913 g/mol. The van der Waals surface area contributed by atoms with Gasteiger partial charge in [0.15, 0.2) is 5.96 Å². The number of carbonyl (C=O) groups is 6. The van der Waals surface area contributed by atoms with E-state index in [1.807, 2.05) is 99.6 Å². The van der Waals surface area contributed by atoms with Crippen molar-refractivity contribution in [1.82, 2.24) is 26.6 Å². The SMILES string of the molecule is C/C=C(/C[C@H](NC(=O)[C@H](CCCN=C(N)N)NC(=O)[C@@H](Cc1ccccc1)NC(=O)C1(NC(=O)CCCC)CCc2c(Br)cccc2C1)C(=O)NCC(N)=O)c1ccccc1C. The van der Waals surface area contributed by atoms with Crippen molar-refractivity contribution in [3.63, 3.8) is 0 Å². The number of fused-ring (bicyclic) bond motifs is 1. The second kappa shape index (κ2) is 23.8. The van der Waals surface area contributed by atoms with Gasteiger partial charge in [-0.2, -0.15) is 0 Å². The number of nitrogens with one attached hydrogen (secondary N) is 5. The fourth-order valence-corrected chi connectivity index (χ4v) is 8.15. The zero-order valence-corrected chi connectivity index (χ0v) is 37.3. The van der Waals surface area contributed by atoms with E-state index < -0.39 is 59.7 Å². The average Bonchev–Trinajstić information content (AvgIpc) is 3.24. The van der Waals surface area contributed by atoms with Crippen LogP contribution in [0.4, 0.5) is 0 Å². The van der Waals surface area contributed by atoms with Crippen molar-refractivity contribution in [2.75, 3.05) is 13.1 Å². The van der Waals surface area contributed by atoms with Gasteiger partial charge in [0.1, 0.15) is 23.7 Å². The fourth-order valence-electron chi connectivity index (χ4n) is 7.54. The molecule has 332 valence electrons. The first kappa shape index (κ1) is 48.6. The van der Waals surface area contributed by atoms with Gasteiger partial charge in [-0.3, -0.25) is 33.8 Å². The van der Waals surface area contributed by atoms with Crippen molar-refractivity contribution < 1.29 is 28.8 Å². The van der Waals surface area contributed by atoms with Gasteiger partial charge < -0.3 is 43.8 Å². The summed E-state index contributed by atoms with van der Waals surface area (Å²) >= 11 is 3.63. The molecular weight excluding hydrogens is 854 g/mol. The molecule has 11 N–H and O–H groups in total. The third-order valence-electron chi connectivity index (χ3n) is 10.9. The molecule has 0 saturated heterocycles. The van der Waals surface area contributed by atoms with Gasteiger partial charge in [-0.05, 0) is 85.4 Å². The molecule has 0 radical (unpaired) electrons. The summed E-state index contributed by atoms with van der Waals surface area (Å²) in [4.78, 5) is 86.3. The van der Waals surface area contributed by atoms with Crippen LogP contribution in [0, 0.1) is 6.92 Å². The average molecular weight is 915 g/mol. The maximum atomic E-state index is 14.7. The Morgan fingerprint density at radius 1 is 0.839 bits per heavy atom. The predicted octanol–water partition coefficient (Wildman–Crippen LogP) is 3.14. The van der Waals surface area contributed by atoms with Crippen molar-refractivity contribution in [2.45, 2.75) is 109 Å². The van der Waals surface area contributed by atoms with Crippen molar-refractivity contribution >= 4 is 62.9 Å². The van der Waals surface area contributed by atoms with Gasteiger partial charge in [-0.1, -0.05) is 102 Å². The van der Waals surface area contributed by atoms with Crippen LogP contribution in [0.1, 0.15) is 86.6 Å². The Labute approximate surface area is 372 Å². The quantitative estimate of drug-likeness (QED) is 0.0422. The lowest BCUT2D eigenvalue weighted by molar-refractivity contribution is -0.137. The molecule has 1 aliphatic rings. The van der Waals surface area contributed by atoms with Crippen LogP contribution in [0.2, 0.25) is 0 Å². The first-order chi connectivity index (χ1) is 29.7. The summed E-state index contributed by atoms with van der Waals surface area (Å²) in [6, 6.07) is 18.9. The molecule has 0 aliphatic heterocycles. The van der Waals surface area contributed by atoms with Gasteiger partial charge in [0, 0.05) is 36.7 Å². The molecular formula is C46H60BrN9O6. The summed E-state index contributed by atoms with van der Waals surface area (Å²) < 4.78 is 0.913. The number of rotatable bonds is 22. The van der Waals surface area contributed by atoms with Crippen molar-refractivity contribution in [3.05, 3.63) is 111 Å². The number of unbranched alkanes of at least 4 members (excludes halogenated alkanes) is 1. The highest BCUT2D eigenvalue weighted by atomic mass is 79.9. The normalized spacial score (nSPS) is 16.0. The molecule has 0 heterocycles. The summed E-state index contributed by atoms with van der Waals surface area (Å²) in [5.74, 6) is -3.72. The van der Waals surface area contributed by atoms with Crippen molar-refractivity contribution in [3.8, 4) is 0 Å². The summed E-state index contributed by atoms with van der Waals surface area (Å²) in [5, 5.41) is 14.2. The minimum absolute atomic E-state index is 0.0464. The summed E-state index contributed by atoms with van der Waals surface area (Å²) in [7, 11) is 0. The maximum absolute atomic E-state index is 14.7. The number of aliphatic imine (C=N–C) groups is 1. The molecule has 0 aromatic heterocycles. The lowest BCUT2D eigenvalue weighted by atomic mass is 9.76. The topological polar surface area (TPSA) is 253 Å². The van der Waals surface area contributed by atoms with Gasteiger partial charge in [-0.15, -0.1) is 0 Å². The van der Waals surface area contributed by atoms with E-state index >= 15 is 0 Å². The largest absolute Gasteiger partial charge is 0.370 e. The predicted molar refractivity (Wildman–Crippen MR) is 244 cm³/mol. The van der Waals surface area contributed by atoms with E-state index in [4.69, 9.17) is 17.2 Å². The highest BCUT2D eigenvalue weighted by molar-refractivity contribution is 9.10. The minimum atomic E-state index is -1.36. The molecule has 62 heavy (non-hydrogen) atoms. The van der Waals surface area contributed by atoms with E-state index in [-0.39, 0.29) is 63.4 Å². The Morgan fingerprint density at radius 2 is 1.53 bits per heavy atom. The summed E-state index contributed by atoms with van der Waals surface area (Å²) in [6.07, 6.45) is 4.93. The van der Waals surface area contributed by atoms with Crippen LogP contribution in [0.15, 0.2) is 88.3 Å². The Hall–Kier alpha value is -6.03. The smallest absolute Gasteiger partial charge is 0.246 e. The van der Waals surface area contributed by atoms with E-state index in [0.717, 1.165) is 44.3 Å². The molecule has 6 amide bonds. The number of carbonyl (C=O) groups excluding carboxylic acids is 6. The Kier molecular flexibility index (Phi) is 18.7. The number of nitrogens with zero attached hydrogens (tertiary/aromatic N) is 1. The minimum Gasteiger partial charge on any atom is -0.370 e. The van der Waals surface area contributed by atoms with Crippen LogP contribution >= 0.6 is 15.9 Å². The number of halogens is 1. The van der Waals surface area contributed by atoms with Gasteiger partial charge >= 0.3 is 0 Å². The second-order valence-corrected chi connectivity index (χ2v) is 16.4. The Balaban J connectivity index is 1.68. The van der Waals surface area contributed by atoms with Crippen LogP contribution in [-0.4, -0.2) is 78.2 Å². The van der Waals surface area contributed by atoms with E-state index in [2.05, 4.69) is 47.5 Å². The van der Waals surface area contributed by atoms with Crippen LogP contribution in [0.25, 0.3) is 5.57 Å². The number of allylic oxidation sites excluding steroid dienone is 1. The molecule has 1 aliphatic carbocycles. The maximum Gasteiger partial charge on any atom is 0.246 e. The molecule has 3 aromatic carbocycles. The number of hydrogen-bond acceptors (Lipinski definition) is 7. The van der Waals surface area contributed by atoms with Crippen molar-refractivity contribution in [2.24, 2.45) is 22.2 Å². The highest BCUT2D eigenvalue weighted by Gasteiger charge is 2.44. The van der Waals surface area contributed by atoms with E-state index in [1.54, 1.807) is 0 Å². The van der Waals surface area contributed by atoms with Crippen LogP contribution < -0.4 is 43.8 Å². The fraction of sp³-hybridized carbons (Fsp3) is 0.413. The summed E-state index contributed by atoms with van der Waals surface area (Å²) in [5.41, 5.74) is 20.4. The molecule has 0 spiro atoms. The number of aryl methyl sites for hydroxylation is 1. The zero-order valence-electron chi connectivity index (χ0n) is 35.7. The highest BCUT2D eigenvalue weighted by Crippen LogP contribution is 2.34. The number of hydrogen-bond donors (Lipinski definition) is 8. The molecule has 4 rings (SSSR count). The first-order valence-electron chi connectivity index (χ1n) is 21.0. The third kappa shape index (κ3) is 14.3. The Bertz CT molecular complexity index is 2120. The molecule has 3 aromatic rings. The van der Waals surface area contributed by atoms with E-state index in [1.165, 1.54) is 0 Å². The second-order valence-electron chi connectivity index (χ2n) is 15.6. The molecule has 15 nitrogen and oxygen atoms in total. The number of primary amides is 1. The molecule has 4 atom stereocenters. The first-order valence-corrected chi connectivity index (χ1v) is 21.8. The van der Waals surface area contributed by atoms with Crippen LogP contribution in [0.3, 0.4) is 0 Å². The zero-order chi connectivity index (χ0) is 45.2. The number of guanidine groups is 1. The van der Waals surface area contributed by atoms with E-state index in [9.17, 15) is 28.8 Å². The Morgan fingerprint density at radius 3 is 2.21 bits per heavy atom. The summed E-state index contributed by atoms with van der Waals surface area (Å²) in [6.45, 7) is 5.42. The van der Waals surface area contributed by atoms with Crippen molar-refractivity contribution in [1.29, 1.82) is 0 Å². The molecule has 0 saturated carbocycles. The van der Waals surface area contributed by atoms with Gasteiger partial charge in [0.05, 0.1) is 6.54 Å². The lowest BCUT2D eigenvalue weighted by Gasteiger charge is -2.39. The molecule has 16 heteroatoms. The molecule has 0 bridgehead atoms. The van der Waals surface area contributed by atoms with Gasteiger partial charge in [0.25, 0.3) is 0 Å². The van der Waals surface area contributed by atoms with E-state index in [0.29, 0.717) is 12.8 Å². The third-order valence-corrected chi connectivity index (χ3v) is 11.6. The number of nitrogens with two attached hydrogens (primary N) is 3.